The lowest BCUT2D eigenvalue weighted by Gasteiger charge is -2.32. The van der Waals surface area contributed by atoms with Gasteiger partial charge in [-0.05, 0) is 74.3 Å². The molecule has 0 spiro atoms. The molecule has 2 saturated heterocycles. The number of rotatable bonds is 1. The van der Waals surface area contributed by atoms with E-state index in [-0.39, 0.29) is 0 Å². The van der Waals surface area contributed by atoms with Crippen molar-refractivity contribution in [3.05, 3.63) is 24.3 Å². The first-order valence-corrected chi connectivity index (χ1v) is 9.35. The molecule has 2 heterocycles. The Labute approximate surface area is 134 Å². The third-order valence-electron chi connectivity index (χ3n) is 6.50. The molecule has 5 rings (SSSR count). The number of nitrogens with one attached hydrogen (secondary N) is 2. The highest BCUT2D eigenvalue weighted by atomic mass is 14.9. The number of allylic oxidation sites excluding steroid dienone is 2. The minimum atomic E-state index is 0.315. The summed E-state index contributed by atoms with van der Waals surface area (Å²) < 4.78 is 0. The summed E-state index contributed by atoms with van der Waals surface area (Å²) >= 11 is 0. The quantitative estimate of drug-likeness (QED) is 0.649. The topological polar surface area (TPSA) is 50.1 Å². The third kappa shape index (κ3) is 3.04. The number of hydrogen-bond acceptors (Lipinski definition) is 3. The van der Waals surface area contributed by atoms with Crippen molar-refractivity contribution in [3.8, 4) is 0 Å². The van der Waals surface area contributed by atoms with Gasteiger partial charge in [-0.15, -0.1) is 0 Å². The Bertz CT molecular complexity index is 440. The second-order valence-electron chi connectivity index (χ2n) is 7.95. The third-order valence-corrected chi connectivity index (χ3v) is 6.50. The molecule has 5 aliphatic rings. The van der Waals surface area contributed by atoms with E-state index in [2.05, 4.69) is 34.9 Å². The van der Waals surface area contributed by atoms with Crippen molar-refractivity contribution in [1.82, 2.24) is 10.6 Å². The Morgan fingerprint density at radius 3 is 2.41 bits per heavy atom. The summed E-state index contributed by atoms with van der Waals surface area (Å²) in [4.78, 5) is 0. The lowest BCUT2D eigenvalue weighted by Crippen LogP contribution is -2.39. The van der Waals surface area contributed by atoms with Crippen LogP contribution < -0.4 is 16.4 Å². The molecule has 0 aromatic heterocycles. The van der Waals surface area contributed by atoms with Crippen LogP contribution in [-0.2, 0) is 0 Å². The molecule has 3 heteroatoms. The van der Waals surface area contributed by atoms with Gasteiger partial charge in [-0.2, -0.15) is 0 Å². The average molecular weight is 301 g/mol. The van der Waals surface area contributed by atoms with E-state index in [0.29, 0.717) is 6.04 Å². The largest absolute Gasteiger partial charge is 0.324 e. The van der Waals surface area contributed by atoms with Crippen LogP contribution in [0.1, 0.15) is 25.7 Å². The smallest absolute Gasteiger partial charge is 0.0268 e. The zero-order chi connectivity index (χ0) is 14.9. The predicted molar refractivity (Wildman–Crippen MR) is 91.4 cm³/mol. The molecule has 1 saturated carbocycles. The summed E-state index contributed by atoms with van der Waals surface area (Å²) in [5, 5.41) is 6.90. The van der Waals surface area contributed by atoms with Crippen molar-refractivity contribution in [3.63, 3.8) is 0 Å². The van der Waals surface area contributed by atoms with Crippen LogP contribution in [0.4, 0.5) is 0 Å². The lowest BCUT2D eigenvalue weighted by atomic mass is 9.74. The normalized spacial score (nSPS) is 45.9. The van der Waals surface area contributed by atoms with Crippen molar-refractivity contribution < 1.29 is 0 Å². The zero-order valence-corrected chi connectivity index (χ0v) is 13.6. The SMILES string of the molecule is C1=CC2CNCC2CC1.NC1C=CC(C2CC2)C2CNCC12. The van der Waals surface area contributed by atoms with Crippen LogP contribution in [0.5, 0.6) is 0 Å². The molecule has 3 nitrogen and oxygen atoms in total. The summed E-state index contributed by atoms with van der Waals surface area (Å²) in [6.07, 6.45) is 15.0. The van der Waals surface area contributed by atoms with Gasteiger partial charge in [0.05, 0.1) is 0 Å². The summed E-state index contributed by atoms with van der Waals surface area (Å²) in [6, 6.07) is 0.315. The molecule has 122 valence electrons. The molecule has 0 radical (unpaired) electrons. The Balaban J connectivity index is 0.000000122. The molecule has 6 unspecified atom stereocenters. The number of fused-ring (bicyclic) bond motifs is 2. The number of nitrogens with two attached hydrogens (primary N) is 1. The van der Waals surface area contributed by atoms with Gasteiger partial charge in [0.1, 0.15) is 0 Å². The zero-order valence-electron chi connectivity index (χ0n) is 13.6. The van der Waals surface area contributed by atoms with E-state index in [1.807, 2.05) is 0 Å². The van der Waals surface area contributed by atoms with Gasteiger partial charge in [0.25, 0.3) is 0 Å². The molecule has 2 aliphatic heterocycles. The molecule has 6 atom stereocenters. The van der Waals surface area contributed by atoms with E-state index in [0.717, 1.165) is 42.1 Å². The molecule has 0 aromatic carbocycles. The van der Waals surface area contributed by atoms with E-state index in [1.54, 1.807) is 0 Å². The lowest BCUT2D eigenvalue weighted by molar-refractivity contribution is 0.266. The molecular formula is C19H31N3. The van der Waals surface area contributed by atoms with E-state index >= 15 is 0 Å². The average Bonchev–Trinajstić information content (AvgIpc) is 3.07. The van der Waals surface area contributed by atoms with Crippen molar-refractivity contribution in [2.75, 3.05) is 26.2 Å². The molecule has 0 aromatic rings. The fourth-order valence-electron chi connectivity index (χ4n) is 4.97. The maximum atomic E-state index is 6.08. The van der Waals surface area contributed by atoms with E-state index < -0.39 is 0 Å². The first kappa shape index (κ1) is 14.9. The fraction of sp³-hybridized carbons (Fsp3) is 0.789. The van der Waals surface area contributed by atoms with Gasteiger partial charge in [-0.1, -0.05) is 24.3 Å². The van der Waals surface area contributed by atoms with Crippen LogP contribution in [0.25, 0.3) is 0 Å². The molecule has 22 heavy (non-hydrogen) atoms. The van der Waals surface area contributed by atoms with Crippen molar-refractivity contribution in [2.45, 2.75) is 31.7 Å². The maximum Gasteiger partial charge on any atom is 0.0268 e. The standard InChI is InChI=1S/C11H18N2.C8H13N/c12-11-4-3-8(7-1-2-7)9-5-13-6-10(9)11;1-2-4-8-6-9-5-7(8)3-1/h3-4,7-11,13H,1-2,5-6,12H2;1,3,7-9H,2,4-6H2. The van der Waals surface area contributed by atoms with E-state index in [1.165, 1.54) is 45.3 Å². The Morgan fingerprint density at radius 1 is 0.773 bits per heavy atom. The van der Waals surface area contributed by atoms with Crippen LogP contribution >= 0.6 is 0 Å². The highest BCUT2D eigenvalue weighted by Crippen LogP contribution is 2.46. The first-order valence-electron chi connectivity index (χ1n) is 9.35. The van der Waals surface area contributed by atoms with Gasteiger partial charge in [0.15, 0.2) is 0 Å². The fourth-order valence-corrected chi connectivity index (χ4v) is 4.97. The van der Waals surface area contributed by atoms with Crippen LogP contribution in [-0.4, -0.2) is 32.2 Å². The van der Waals surface area contributed by atoms with Gasteiger partial charge < -0.3 is 16.4 Å². The summed E-state index contributed by atoms with van der Waals surface area (Å²) in [5.41, 5.74) is 6.08. The molecule has 3 fully saturated rings. The molecule has 0 amide bonds. The summed E-state index contributed by atoms with van der Waals surface area (Å²) in [6.45, 7) is 4.82. The second kappa shape index (κ2) is 6.46. The van der Waals surface area contributed by atoms with Crippen LogP contribution in [0, 0.1) is 35.5 Å². The van der Waals surface area contributed by atoms with Gasteiger partial charge >= 0.3 is 0 Å². The molecule has 4 N–H and O–H groups in total. The maximum absolute atomic E-state index is 6.08. The number of hydrogen-bond donors (Lipinski definition) is 3. The Kier molecular flexibility index (Phi) is 4.38. The van der Waals surface area contributed by atoms with Gasteiger partial charge in [0, 0.05) is 19.1 Å². The van der Waals surface area contributed by atoms with Crippen molar-refractivity contribution in [1.29, 1.82) is 0 Å². The van der Waals surface area contributed by atoms with Crippen molar-refractivity contribution in [2.24, 2.45) is 41.2 Å². The monoisotopic (exact) mass is 301 g/mol. The Hall–Kier alpha value is -0.640. The summed E-state index contributed by atoms with van der Waals surface area (Å²) in [5.74, 6) is 5.24. The van der Waals surface area contributed by atoms with Gasteiger partial charge in [-0.3, -0.25) is 0 Å². The molecule has 3 aliphatic carbocycles. The molecule has 0 bridgehead atoms. The second-order valence-corrected chi connectivity index (χ2v) is 7.95. The van der Waals surface area contributed by atoms with Crippen LogP contribution in [0.15, 0.2) is 24.3 Å². The predicted octanol–water partition coefficient (Wildman–Crippen LogP) is 1.92. The van der Waals surface area contributed by atoms with Crippen molar-refractivity contribution >= 4 is 0 Å². The minimum absolute atomic E-state index is 0.315. The summed E-state index contributed by atoms with van der Waals surface area (Å²) in [7, 11) is 0. The minimum Gasteiger partial charge on any atom is -0.324 e. The van der Waals surface area contributed by atoms with Gasteiger partial charge in [-0.25, -0.2) is 0 Å². The highest BCUT2D eigenvalue weighted by Gasteiger charge is 2.44. The first-order chi connectivity index (χ1) is 10.8. The Morgan fingerprint density at radius 2 is 1.59 bits per heavy atom. The van der Waals surface area contributed by atoms with Crippen LogP contribution in [0.3, 0.4) is 0 Å². The highest BCUT2D eigenvalue weighted by molar-refractivity contribution is 5.13. The van der Waals surface area contributed by atoms with Gasteiger partial charge in [0.2, 0.25) is 0 Å². The van der Waals surface area contributed by atoms with Crippen LogP contribution in [0.2, 0.25) is 0 Å². The molecular weight excluding hydrogens is 270 g/mol. The van der Waals surface area contributed by atoms with E-state index in [4.69, 9.17) is 5.73 Å². The van der Waals surface area contributed by atoms with E-state index in [9.17, 15) is 0 Å².